The zero-order valence-corrected chi connectivity index (χ0v) is 15.7. The fourth-order valence-electron chi connectivity index (χ4n) is 2.44. The van der Waals surface area contributed by atoms with Gasteiger partial charge in [0, 0.05) is 23.8 Å². The number of hydrogen-bond acceptors (Lipinski definition) is 5. The average Bonchev–Trinajstić information content (AvgIpc) is 3.16. The van der Waals surface area contributed by atoms with Crippen molar-refractivity contribution in [3.8, 4) is 17.5 Å². The van der Waals surface area contributed by atoms with Gasteiger partial charge in [-0.1, -0.05) is 17.8 Å². The zero-order chi connectivity index (χ0) is 19.2. The number of aromatic nitrogens is 2. The minimum absolute atomic E-state index is 0.153. The molecule has 1 N–H and O–H groups in total. The molecule has 0 radical (unpaired) electrons. The Morgan fingerprint density at radius 3 is 2.78 bits per heavy atom. The predicted octanol–water partition coefficient (Wildman–Crippen LogP) is 3.87. The van der Waals surface area contributed by atoms with Crippen molar-refractivity contribution in [3.05, 3.63) is 66.5 Å². The summed E-state index contributed by atoms with van der Waals surface area (Å²) in [7, 11) is 1.63. The number of ether oxygens (including phenoxy) is 1. The van der Waals surface area contributed by atoms with E-state index in [1.54, 1.807) is 37.6 Å². The molecule has 0 saturated carbocycles. The molecule has 0 spiro atoms. The monoisotopic (exact) mass is 378 g/mol. The number of methoxy groups -OCH3 is 1. The van der Waals surface area contributed by atoms with E-state index in [4.69, 9.17) is 10.00 Å². The number of amides is 1. The lowest BCUT2D eigenvalue weighted by Gasteiger charge is -2.13. The lowest BCUT2D eigenvalue weighted by Crippen LogP contribution is -2.22. The number of nitrogens with one attached hydrogen (secondary N) is 1. The number of benzene rings is 2. The third-order valence-electron chi connectivity index (χ3n) is 3.87. The van der Waals surface area contributed by atoms with E-state index >= 15 is 0 Å². The van der Waals surface area contributed by atoms with Gasteiger partial charge in [-0.05, 0) is 49.4 Å². The Morgan fingerprint density at radius 2 is 2.07 bits per heavy atom. The van der Waals surface area contributed by atoms with Crippen LogP contribution in [0.25, 0.3) is 5.69 Å². The van der Waals surface area contributed by atoms with Gasteiger partial charge < -0.3 is 10.1 Å². The van der Waals surface area contributed by atoms with Crippen LogP contribution in [0.15, 0.2) is 66.1 Å². The average molecular weight is 378 g/mol. The largest absolute Gasteiger partial charge is 0.497 e. The molecule has 136 valence electrons. The van der Waals surface area contributed by atoms with E-state index in [1.165, 1.54) is 11.8 Å². The molecule has 1 aromatic heterocycles. The van der Waals surface area contributed by atoms with Crippen molar-refractivity contribution in [3.63, 3.8) is 0 Å². The smallest absolute Gasteiger partial charge is 0.237 e. The Bertz CT molecular complexity index is 976. The summed E-state index contributed by atoms with van der Waals surface area (Å²) in [6, 6.07) is 16.5. The highest BCUT2D eigenvalue weighted by atomic mass is 32.2. The summed E-state index contributed by atoms with van der Waals surface area (Å²) < 4.78 is 7.10. The Balaban J connectivity index is 1.70. The van der Waals surface area contributed by atoms with Crippen molar-refractivity contribution < 1.29 is 9.53 Å². The van der Waals surface area contributed by atoms with Crippen molar-refractivity contribution in [2.24, 2.45) is 0 Å². The molecule has 0 aliphatic rings. The third kappa shape index (κ3) is 4.49. The van der Waals surface area contributed by atoms with E-state index in [2.05, 4.69) is 16.4 Å². The summed E-state index contributed by atoms with van der Waals surface area (Å²) >= 11 is 1.36. The first-order chi connectivity index (χ1) is 13.1. The van der Waals surface area contributed by atoms with Crippen molar-refractivity contribution in [1.29, 1.82) is 5.26 Å². The van der Waals surface area contributed by atoms with Crippen LogP contribution in [0.2, 0.25) is 0 Å². The van der Waals surface area contributed by atoms with Crippen LogP contribution in [-0.2, 0) is 4.79 Å². The molecule has 0 fully saturated rings. The summed E-state index contributed by atoms with van der Waals surface area (Å²) in [4.78, 5) is 16.9. The summed E-state index contributed by atoms with van der Waals surface area (Å²) in [5.41, 5.74) is 2.04. The number of hydrogen-bond donors (Lipinski definition) is 1. The van der Waals surface area contributed by atoms with Gasteiger partial charge in [-0.2, -0.15) is 5.26 Å². The van der Waals surface area contributed by atoms with Crippen molar-refractivity contribution in [2.75, 3.05) is 12.4 Å². The second-order valence-corrected chi connectivity index (χ2v) is 7.03. The van der Waals surface area contributed by atoms with E-state index in [1.807, 2.05) is 42.0 Å². The Labute approximate surface area is 161 Å². The molecular weight excluding hydrogens is 360 g/mol. The molecule has 3 rings (SSSR count). The molecule has 1 heterocycles. The first-order valence-electron chi connectivity index (χ1n) is 8.26. The fourth-order valence-corrected chi connectivity index (χ4v) is 3.32. The summed E-state index contributed by atoms with van der Waals surface area (Å²) in [5.74, 6) is 0.625. The Kier molecular flexibility index (Phi) is 5.79. The highest BCUT2D eigenvalue weighted by Crippen LogP contribution is 2.26. The molecule has 1 atom stereocenters. The molecule has 27 heavy (non-hydrogen) atoms. The van der Waals surface area contributed by atoms with Crippen LogP contribution in [0.4, 0.5) is 5.69 Å². The molecule has 0 saturated heterocycles. The standard InChI is InChI=1S/C20H18N4O2S/c1-14(19(25)23-16-5-3-4-15(12-16)13-21)27-20-22-10-11-24(20)17-6-8-18(26-2)9-7-17/h3-12,14H,1-2H3,(H,23,25). The van der Waals surface area contributed by atoms with Gasteiger partial charge in [0.1, 0.15) is 5.75 Å². The van der Waals surface area contributed by atoms with Crippen molar-refractivity contribution in [1.82, 2.24) is 9.55 Å². The molecule has 6 nitrogen and oxygen atoms in total. The topological polar surface area (TPSA) is 79.9 Å². The van der Waals surface area contributed by atoms with E-state index < -0.39 is 0 Å². The van der Waals surface area contributed by atoms with Crippen LogP contribution in [0, 0.1) is 11.3 Å². The number of imidazole rings is 1. The fraction of sp³-hybridized carbons (Fsp3) is 0.150. The molecule has 0 bridgehead atoms. The second kappa shape index (κ2) is 8.43. The number of carbonyl (C=O) groups is 1. The highest BCUT2D eigenvalue weighted by molar-refractivity contribution is 8.00. The Hall–Kier alpha value is -3.24. The lowest BCUT2D eigenvalue weighted by molar-refractivity contribution is -0.115. The summed E-state index contributed by atoms with van der Waals surface area (Å²) in [6.07, 6.45) is 3.55. The highest BCUT2D eigenvalue weighted by Gasteiger charge is 2.18. The van der Waals surface area contributed by atoms with Crippen LogP contribution in [0.5, 0.6) is 5.75 Å². The van der Waals surface area contributed by atoms with Crippen LogP contribution in [0.3, 0.4) is 0 Å². The van der Waals surface area contributed by atoms with E-state index in [0.29, 0.717) is 16.4 Å². The minimum Gasteiger partial charge on any atom is -0.497 e. The normalized spacial score (nSPS) is 11.4. The quantitative estimate of drug-likeness (QED) is 0.659. The Morgan fingerprint density at radius 1 is 1.30 bits per heavy atom. The molecule has 1 amide bonds. The first-order valence-corrected chi connectivity index (χ1v) is 9.14. The third-order valence-corrected chi connectivity index (χ3v) is 4.95. The minimum atomic E-state index is -0.366. The summed E-state index contributed by atoms with van der Waals surface area (Å²) in [6.45, 7) is 1.82. The van der Waals surface area contributed by atoms with Gasteiger partial charge in [0.05, 0.1) is 24.0 Å². The maximum Gasteiger partial charge on any atom is 0.237 e. The van der Waals surface area contributed by atoms with Gasteiger partial charge in [-0.3, -0.25) is 9.36 Å². The number of rotatable bonds is 6. The predicted molar refractivity (Wildman–Crippen MR) is 105 cm³/mol. The number of nitrogens with zero attached hydrogens (tertiary/aromatic N) is 3. The maximum absolute atomic E-state index is 12.5. The first kappa shape index (κ1) is 18.5. The van der Waals surface area contributed by atoms with Crippen molar-refractivity contribution >= 4 is 23.4 Å². The molecular formula is C20H18N4O2S. The molecule has 0 aliphatic heterocycles. The van der Waals surface area contributed by atoms with Gasteiger partial charge in [0.2, 0.25) is 5.91 Å². The SMILES string of the molecule is COc1ccc(-n2ccnc2SC(C)C(=O)Nc2cccc(C#N)c2)cc1. The zero-order valence-electron chi connectivity index (χ0n) is 14.9. The van der Waals surface area contributed by atoms with Gasteiger partial charge in [-0.15, -0.1) is 0 Å². The lowest BCUT2D eigenvalue weighted by atomic mass is 10.2. The van der Waals surface area contributed by atoms with Gasteiger partial charge >= 0.3 is 0 Å². The second-order valence-electron chi connectivity index (χ2n) is 5.72. The van der Waals surface area contributed by atoms with Crippen molar-refractivity contribution in [2.45, 2.75) is 17.3 Å². The van der Waals surface area contributed by atoms with Crippen LogP contribution in [-0.4, -0.2) is 27.8 Å². The van der Waals surface area contributed by atoms with Gasteiger partial charge in [-0.25, -0.2) is 4.98 Å². The number of carbonyl (C=O) groups excluding carboxylic acids is 1. The van der Waals surface area contributed by atoms with Gasteiger partial charge in [0.25, 0.3) is 0 Å². The molecule has 2 aromatic carbocycles. The molecule has 1 unspecified atom stereocenters. The molecule has 7 heteroatoms. The van der Waals surface area contributed by atoms with E-state index in [0.717, 1.165) is 11.4 Å². The van der Waals surface area contributed by atoms with Crippen LogP contribution >= 0.6 is 11.8 Å². The molecule has 0 aliphatic carbocycles. The number of nitriles is 1. The van der Waals surface area contributed by atoms with E-state index in [-0.39, 0.29) is 11.2 Å². The number of anilines is 1. The summed E-state index contributed by atoms with van der Waals surface area (Å²) in [5, 5.41) is 12.2. The van der Waals surface area contributed by atoms with Crippen LogP contribution < -0.4 is 10.1 Å². The molecule has 3 aromatic rings. The van der Waals surface area contributed by atoms with E-state index in [9.17, 15) is 4.79 Å². The maximum atomic E-state index is 12.5. The van der Waals surface area contributed by atoms with Gasteiger partial charge in [0.15, 0.2) is 5.16 Å². The number of thioether (sulfide) groups is 1. The van der Waals surface area contributed by atoms with Crippen LogP contribution in [0.1, 0.15) is 12.5 Å².